The molecule has 5 nitrogen and oxygen atoms in total. The van der Waals surface area contributed by atoms with Crippen LogP contribution in [0.15, 0.2) is 65.1 Å². The summed E-state index contributed by atoms with van der Waals surface area (Å²) in [5.41, 5.74) is -8.82. The minimum atomic E-state index is -6.78. The van der Waals surface area contributed by atoms with E-state index in [9.17, 15) is 58.3 Å². The molecule has 0 atom stereocenters. The Hall–Kier alpha value is -4.02. The zero-order valence-corrected chi connectivity index (χ0v) is 23.8. The molecular formula is C28H18BrF11N2O3. The minimum Gasteiger partial charge on any atom is -0.370 e. The van der Waals surface area contributed by atoms with Crippen molar-refractivity contribution in [1.82, 2.24) is 0 Å². The zero-order chi connectivity index (χ0) is 34.1. The van der Waals surface area contributed by atoms with Crippen molar-refractivity contribution in [3.05, 3.63) is 98.8 Å². The molecular weight excluding hydrogens is 701 g/mol. The Morgan fingerprint density at radius 3 is 1.89 bits per heavy atom. The van der Waals surface area contributed by atoms with Gasteiger partial charge in [-0.1, -0.05) is 42.5 Å². The molecule has 3 rings (SSSR count). The molecule has 0 aliphatic carbocycles. The van der Waals surface area contributed by atoms with E-state index in [1.807, 2.05) is 0 Å². The van der Waals surface area contributed by atoms with Crippen LogP contribution in [0.3, 0.4) is 0 Å². The number of halogens is 12. The summed E-state index contributed by atoms with van der Waals surface area (Å²) in [6.07, 6.45) is -20.9. The van der Waals surface area contributed by atoms with E-state index in [-0.39, 0.29) is 16.5 Å². The molecule has 0 saturated carbocycles. The van der Waals surface area contributed by atoms with Crippen molar-refractivity contribution < 1.29 is 62.7 Å². The molecule has 3 aromatic rings. The molecule has 3 aromatic carbocycles. The van der Waals surface area contributed by atoms with Gasteiger partial charge in [0.25, 0.3) is 5.91 Å². The number of Topliss-reactive ketones (excluding diaryl/α,β-unsaturated/α-hetero) is 1. The average Bonchev–Trinajstić information content (AvgIpc) is 2.92. The van der Waals surface area contributed by atoms with Gasteiger partial charge in [-0.25, -0.2) is 8.78 Å². The maximum absolute atomic E-state index is 15.6. The van der Waals surface area contributed by atoms with Crippen molar-refractivity contribution in [2.75, 3.05) is 11.4 Å². The van der Waals surface area contributed by atoms with E-state index in [0.29, 0.717) is 0 Å². The van der Waals surface area contributed by atoms with Gasteiger partial charge in [0.1, 0.15) is 5.82 Å². The van der Waals surface area contributed by atoms with E-state index in [1.165, 1.54) is 24.3 Å². The van der Waals surface area contributed by atoms with Crippen LogP contribution >= 0.6 is 15.9 Å². The Bertz CT molecular complexity index is 1590. The number of carbonyl (C=O) groups excluding carboxylic acids is 3. The number of rotatable bonds is 9. The number of alkyl halides is 10. The quantitative estimate of drug-likeness (QED) is 0.181. The maximum Gasteiger partial charge on any atom is 0.435 e. The van der Waals surface area contributed by atoms with Gasteiger partial charge in [-0.3, -0.25) is 14.4 Å². The van der Waals surface area contributed by atoms with Gasteiger partial charge in [0.05, 0.1) is 16.8 Å². The topological polar surface area (TPSA) is 80.5 Å². The summed E-state index contributed by atoms with van der Waals surface area (Å²) in [6, 6.07) is 9.31. The molecule has 242 valence electrons. The Kier molecular flexibility index (Phi) is 10.1. The third kappa shape index (κ3) is 7.28. The smallest absolute Gasteiger partial charge is 0.370 e. The third-order valence-corrected chi connectivity index (χ3v) is 7.01. The Balaban J connectivity index is 2.24. The Morgan fingerprint density at radius 1 is 0.800 bits per heavy atom. The van der Waals surface area contributed by atoms with Crippen LogP contribution in [0.4, 0.5) is 54.0 Å². The van der Waals surface area contributed by atoms with E-state index in [4.69, 9.17) is 5.73 Å². The van der Waals surface area contributed by atoms with Crippen LogP contribution in [-0.4, -0.2) is 36.5 Å². The molecule has 0 radical (unpaired) electrons. The molecule has 0 saturated heterocycles. The number of hydrogen-bond acceptors (Lipinski definition) is 3. The summed E-state index contributed by atoms with van der Waals surface area (Å²) < 4.78 is 152. The second-order valence-electron chi connectivity index (χ2n) is 9.42. The number of benzene rings is 3. The van der Waals surface area contributed by atoms with E-state index in [1.54, 1.807) is 6.07 Å². The van der Waals surface area contributed by atoms with E-state index < -0.39 is 105 Å². The molecule has 2 N–H and O–H groups in total. The van der Waals surface area contributed by atoms with Crippen LogP contribution in [0, 0.1) is 5.82 Å². The summed E-state index contributed by atoms with van der Waals surface area (Å²) in [5, 5.41) is 0. The van der Waals surface area contributed by atoms with Gasteiger partial charge >= 0.3 is 24.2 Å². The maximum atomic E-state index is 15.6. The van der Waals surface area contributed by atoms with Gasteiger partial charge in [0.15, 0.2) is 5.78 Å². The molecule has 17 heteroatoms. The summed E-state index contributed by atoms with van der Waals surface area (Å²) in [6.45, 7) is -1.08. The van der Waals surface area contributed by atoms with E-state index in [0.717, 1.165) is 18.2 Å². The summed E-state index contributed by atoms with van der Waals surface area (Å²) >= 11 is 2.41. The molecule has 0 aromatic heterocycles. The molecule has 2 amide bonds. The normalized spacial score (nSPS) is 12.6. The van der Waals surface area contributed by atoms with Crippen molar-refractivity contribution >= 4 is 39.2 Å². The van der Waals surface area contributed by atoms with Crippen molar-refractivity contribution in [2.24, 2.45) is 5.73 Å². The van der Waals surface area contributed by atoms with Crippen molar-refractivity contribution in [2.45, 2.75) is 37.0 Å². The number of ketones is 1. The summed E-state index contributed by atoms with van der Waals surface area (Å²) in [4.78, 5) is 37.7. The van der Waals surface area contributed by atoms with Gasteiger partial charge in [-0.15, -0.1) is 0 Å². The Labute approximate surface area is 254 Å². The lowest BCUT2D eigenvalue weighted by molar-refractivity contribution is -0.348. The SMILES string of the molecule is NC(=O)CCN(C(=O)c1cccc(CC(=O)c2ccccc2)c1F)c1c(Br)cc(C(F)(C(F)(F)F)C(F)(F)F)cc1C(F)(F)F. The number of nitrogens with two attached hydrogens (primary N) is 1. The molecule has 0 bridgehead atoms. The van der Waals surface area contributed by atoms with Crippen molar-refractivity contribution in [3.8, 4) is 0 Å². The van der Waals surface area contributed by atoms with E-state index in [2.05, 4.69) is 15.9 Å². The van der Waals surface area contributed by atoms with Crippen LogP contribution in [0.2, 0.25) is 0 Å². The zero-order valence-electron chi connectivity index (χ0n) is 22.2. The van der Waals surface area contributed by atoms with Crippen molar-refractivity contribution in [3.63, 3.8) is 0 Å². The second-order valence-corrected chi connectivity index (χ2v) is 10.3. The highest BCUT2D eigenvalue weighted by molar-refractivity contribution is 9.10. The van der Waals surface area contributed by atoms with Gasteiger partial charge in [-0.05, 0) is 39.7 Å². The molecule has 0 fully saturated rings. The average molecular weight is 719 g/mol. The predicted octanol–water partition coefficient (Wildman–Crippen LogP) is 7.84. The molecule has 0 aliphatic rings. The lowest BCUT2D eigenvalue weighted by atomic mass is 9.91. The fraction of sp³-hybridized carbons (Fsp3) is 0.250. The lowest BCUT2D eigenvalue weighted by Crippen LogP contribution is -2.50. The first-order chi connectivity index (χ1) is 20.6. The van der Waals surface area contributed by atoms with E-state index >= 15 is 4.39 Å². The number of nitrogens with zero attached hydrogens (tertiary/aromatic N) is 1. The Morgan fingerprint density at radius 2 is 1.38 bits per heavy atom. The minimum absolute atomic E-state index is 0.0454. The predicted molar refractivity (Wildman–Crippen MR) is 140 cm³/mol. The molecule has 0 aliphatic heterocycles. The lowest BCUT2D eigenvalue weighted by Gasteiger charge is -2.33. The molecule has 0 unspecified atom stereocenters. The number of primary amides is 1. The first-order valence-electron chi connectivity index (χ1n) is 12.3. The first-order valence-corrected chi connectivity index (χ1v) is 13.1. The fourth-order valence-corrected chi connectivity index (χ4v) is 4.91. The molecule has 0 spiro atoms. The second kappa shape index (κ2) is 12.8. The summed E-state index contributed by atoms with van der Waals surface area (Å²) in [5.74, 6) is -4.88. The largest absolute Gasteiger partial charge is 0.435 e. The molecule has 0 heterocycles. The highest BCUT2D eigenvalue weighted by atomic mass is 79.9. The highest BCUT2D eigenvalue weighted by Crippen LogP contribution is 2.55. The summed E-state index contributed by atoms with van der Waals surface area (Å²) in [7, 11) is 0. The van der Waals surface area contributed by atoms with Gasteiger partial charge in [-0.2, -0.15) is 39.5 Å². The van der Waals surface area contributed by atoms with Gasteiger partial charge in [0, 0.05) is 35.0 Å². The monoisotopic (exact) mass is 718 g/mol. The van der Waals surface area contributed by atoms with Crippen molar-refractivity contribution in [1.29, 1.82) is 0 Å². The fourth-order valence-electron chi connectivity index (χ4n) is 4.24. The van der Waals surface area contributed by atoms with Gasteiger partial charge < -0.3 is 10.6 Å². The number of carbonyl (C=O) groups is 3. The third-order valence-electron chi connectivity index (χ3n) is 6.40. The highest BCUT2D eigenvalue weighted by Gasteiger charge is 2.73. The van der Waals surface area contributed by atoms with Crippen LogP contribution in [0.25, 0.3) is 0 Å². The number of hydrogen-bond donors (Lipinski definition) is 1. The number of amides is 2. The standard InChI is InChI=1S/C28H18BrF11N2O3/c29-19-13-16(25(31,27(35,36)37)28(38,39)40)12-18(26(32,33)34)23(19)42(10-9-21(41)44)24(45)17-8-4-7-15(22(17)30)11-20(43)14-5-2-1-3-6-14/h1-8,12-13H,9-11H2,(H2,41,44). The van der Waals surface area contributed by atoms with Crippen LogP contribution < -0.4 is 10.6 Å². The van der Waals surface area contributed by atoms with Crippen LogP contribution in [0.5, 0.6) is 0 Å². The first kappa shape index (κ1) is 35.5. The van der Waals surface area contributed by atoms with Crippen LogP contribution in [-0.2, 0) is 23.1 Å². The number of anilines is 1. The van der Waals surface area contributed by atoms with Crippen LogP contribution in [0.1, 0.15) is 43.8 Å². The molecule has 45 heavy (non-hydrogen) atoms. The van der Waals surface area contributed by atoms with Gasteiger partial charge in [0.2, 0.25) is 5.91 Å².